The summed E-state index contributed by atoms with van der Waals surface area (Å²) in [4.78, 5) is 21.3. The maximum Gasteiger partial charge on any atom is 0.308 e. The molecule has 2 aromatic carbocycles. The number of hydrogen-bond donors (Lipinski definition) is 2. The molecule has 2 N–H and O–H groups in total. The standard InChI is InChI=1S/C13H8F2N2O4/c14-7-5-10(12(15)11(6-7)17(20)21)13(19)16-8-1-3-9(18)4-2-8/h1-6,18H,(H,16,19). The first-order chi connectivity index (χ1) is 9.88. The van der Waals surface area contributed by atoms with Crippen molar-refractivity contribution in [2.75, 3.05) is 5.32 Å². The van der Waals surface area contributed by atoms with E-state index >= 15 is 0 Å². The zero-order valence-electron chi connectivity index (χ0n) is 10.3. The fourth-order valence-corrected chi connectivity index (χ4v) is 1.62. The first-order valence-corrected chi connectivity index (χ1v) is 5.62. The zero-order valence-corrected chi connectivity index (χ0v) is 10.3. The Balaban J connectivity index is 2.35. The van der Waals surface area contributed by atoms with Crippen molar-refractivity contribution in [3.8, 4) is 5.75 Å². The Hall–Kier alpha value is -3.03. The van der Waals surface area contributed by atoms with Gasteiger partial charge in [-0.2, -0.15) is 4.39 Å². The average molecular weight is 294 g/mol. The van der Waals surface area contributed by atoms with Crippen molar-refractivity contribution in [2.45, 2.75) is 0 Å². The van der Waals surface area contributed by atoms with Gasteiger partial charge in [-0.25, -0.2) is 4.39 Å². The lowest BCUT2D eigenvalue weighted by molar-refractivity contribution is -0.387. The van der Waals surface area contributed by atoms with Gasteiger partial charge in [-0.15, -0.1) is 0 Å². The quantitative estimate of drug-likeness (QED) is 0.517. The summed E-state index contributed by atoms with van der Waals surface area (Å²) < 4.78 is 27.0. The Labute approximate surface area is 116 Å². The third kappa shape index (κ3) is 3.11. The van der Waals surface area contributed by atoms with Crippen LogP contribution in [0.25, 0.3) is 0 Å². The first kappa shape index (κ1) is 14.4. The van der Waals surface area contributed by atoms with Crippen LogP contribution in [0.15, 0.2) is 36.4 Å². The smallest absolute Gasteiger partial charge is 0.308 e. The second-order valence-corrected chi connectivity index (χ2v) is 4.04. The third-order valence-electron chi connectivity index (χ3n) is 2.58. The molecule has 0 aliphatic carbocycles. The van der Waals surface area contributed by atoms with Crippen LogP contribution < -0.4 is 5.32 Å². The average Bonchev–Trinajstić information content (AvgIpc) is 2.43. The molecule has 2 rings (SSSR count). The van der Waals surface area contributed by atoms with Crippen LogP contribution >= 0.6 is 0 Å². The number of rotatable bonds is 3. The Bertz CT molecular complexity index is 717. The van der Waals surface area contributed by atoms with E-state index in [0.717, 1.165) is 0 Å². The van der Waals surface area contributed by atoms with E-state index in [4.69, 9.17) is 5.11 Å². The van der Waals surface area contributed by atoms with Crippen LogP contribution in [0.4, 0.5) is 20.2 Å². The van der Waals surface area contributed by atoms with Gasteiger partial charge in [-0.05, 0) is 30.3 Å². The van der Waals surface area contributed by atoms with Gasteiger partial charge in [0.15, 0.2) is 0 Å². The molecule has 1 amide bonds. The number of hydrogen-bond acceptors (Lipinski definition) is 4. The zero-order chi connectivity index (χ0) is 15.6. The lowest BCUT2D eigenvalue weighted by Gasteiger charge is -2.06. The molecule has 0 bridgehead atoms. The molecule has 2 aromatic rings. The van der Waals surface area contributed by atoms with Crippen LogP contribution in [0, 0.1) is 21.7 Å². The van der Waals surface area contributed by atoms with Crippen LogP contribution in [-0.4, -0.2) is 15.9 Å². The number of nitro groups is 1. The fourth-order valence-electron chi connectivity index (χ4n) is 1.62. The van der Waals surface area contributed by atoms with E-state index in [1.807, 2.05) is 0 Å². The largest absolute Gasteiger partial charge is 0.508 e. The number of nitrogens with zero attached hydrogens (tertiary/aromatic N) is 1. The van der Waals surface area contributed by atoms with E-state index in [2.05, 4.69) is 5.32 Å². The van der Waals surface area contributed by atoms with Crippen LogP contribution in [-0.2, 0) is 0 Å². The van der Waals surface area contributed by atoms with Crippen molar-refractivity contribution in [3.05, 3.63) is 63.7 Å². The molecule has 0 unspecified atom stereocenters. The number of benzene rings is 2. The van der Waals surface area contributed by atoms with Gasteiger partial charge in [-0.3, -0.25) is 14.9 Å². The molecule has 0 heterocycles. The topological polar surface area (TPSA) is 92.5 Å². The van der Waals surface area contributed by atoms with E-state index in [1.165, 1.54) is 24.3 Å². The summed E-state index contributed by atoms with van der Waals surface area (Å²) in [6, 6.07) is 6.18. The molecule has 0 aliphatic heterocycles. The number of carbonyl (C=O) groups is 1. The molecule has 0 saturated carbocycles. The summed E-state index contributed by atoms with van der Waals surface area (Å²) in [6.07, 6.45) is 0. The molecule has 0 aromatic heterocycles. The fraction of sp³-hybridized carbons (Fsp3) is 0. The molecular formula is C13H8F2N2O4. The first-order valence-electron chi connectivity index (χ1n) is 5.62. The summed E-state index contributed by atoms with van der Waals surface area (Å²) in [5, 5.41) is 21.9. The van der Waals surface area contributed by atoms with E-state index in [0.29, 0.717) is 12.1 Å². The number of halogens is 2. The maximum atomic E-state index is 13.8. The van der Waals surface area contributed by atoms with Gasteiger partial charge < -0.3 is 10.4 Å². The number of phenols is 1. The highest BCUT2D eigenvalue weighted by molar-refractivity contribution is 6.04. The molecule has 0 saturated heterocycles. The Kier molecular flexibility index (Phi) is 3.79. The molecule has 0 aliphatic rings. The number of nitrogens with one attached hydrogen (secondary N) is 1. The molecular weight excluding hydrogens is 286 g/mol. The van der Waals surface area contributed by atoms with Crippen LogP contribution in [0.2, 0.25) is 0 Å². The number of carbonyl (C=O) groups excluding carboxylic acids is 1. The van der Waals surface area contributed by atoms with Crippen molar-refractivity contribution in [3.63, 3.8) is 0 Å². The van der Waals surface area contributed by atoms with Crippen LogP contribution in [0.5, 0.6) is 5.75 Å². The van der Waals surface area contributed by atoms with E-state index in [-0.39, 0.29) is 11.4 Å². The van der Waals surface area contributed by atoms with Gasteiger partial charge in [0, 0.05) is 5.69 Å². The number of nitro benzene ring substituents is 1. The Morgan fingerprint density at radius 2 is 1.81 bits per heavy atom. The van der Waals surface area contributed by atoms with Gasteiger partial charge in [0.25, 0.3) is 5.91 Å². The van der Waals surface area contributed by atoms with Crippen molar-refractivity contribution in [2.24, 2.45) is 0 Å². The third-order valence-corrected chi connectivity index (χ3v) is 2.58. The van der Waals surface area contributed by atoms with Gasteiger partial charge in [0.2, 0.25) is 5.82 Å². The normalized spacial score (nSPS) is 10.2. The summed E-state index contributed by atoms with van der Waals surface area (Å²) in [7, 11) is 0. The van der Waals surface area contributed by atoms with Crippen molar-refractivity contribution < 1.29 is 23.6 Å². The van der Waals surface area contributed by atoms with Crippen molar-refractivity contribution >= 4 is 17.3 Å². The Morgan fingerprint density at radius 3 is 2.38 bits per heavy atom. The monoisotopic (exact) mass is 294 g/mol. The summed E-state index contributed by atoms with van der Waals surface area (Å²) in [5.74, 6) is -3.60. The van der Waals surface area contributed by atoms with E-state index in [9.17, 15) is 23.7 Å². The van der Waals surface area contributed by atoms with E-state index < -0.39 is 33.7 Å². The minimum absolute atomic E-state index is 0.0411. The van der Waals surface area contributed by atoms with Crippen LogP contribution in [0.3, 0.4) is 0 Å². The maximum absolute atomic E-state index is 13.8. The molecule has 6 nitrogen and oxygen atoms in total. The number of phenolic OH excluding ortho intramolecular Hbond substituents is 1. The van der Waals surface area contributed by atoms with Crippen LogP contribution in [0.1, 0.15) is 10.4 Å². The van der Waals surface area contributed by atoms with Crippen molar-refractivity contribution in [1.29, 1.82) is 0 Å². The van der Waals surface area contributed by atoms with Gasteiger partial charge in [-0.1, -0.05) is 0 Å². The van der Waals surface area contributed by atoms with Crippen molar-refractivity contribution in [1.82, 2.24) is 0 Å². The molecule has 21 heavy (non-hydrogen) atoms. The molecule has 0 radical (unpaired) electrons. The second kappa shape index (κ2) is 5.53. The van der Waals surface area contributed by atoms with E-state index in [1.54, 1.807) is 0 Å². The minimum atomic E-state index is -1.42. The predicted octanol–water partition coefficient (Wildman–Crippen LogP) is 2.83. The minimum Gasteiger partial charge on any atom is -0.508 e. The second-order valence-electron chi connectivity index (χ2n) is 4.04. The molecule has 8 heteroatoms. The van der Waals surface area contributed by atoms with Gasteiger partial charge in [0.1, 0.15) is 11.6 Å². The molecule has 0 fully saturated rings. The van der Waals surface area contributed by atoms with Gasteiger partial charge in [0.05, 0.1) is 16.6 Å². The summed E-state index contributed by atoms with van der Waals surface area (Å²) in [6.45, 7) is 0. The highest BCUT2D eigenvalue weighted by atomic mass is 19.1. The van der Waals surface area contributed by atoms with Gasteiger partial charge >= 0.3 is 5.69 Å². The SMILES string of the molecule is O=C(Nc1ccc(O)cc1)c1cc(F)cc([N+](=O)[O-])c1F. The molecule has 108 valence electrons. The molecule has 0 spiro atoms. The highest BCUT2D eigenvalue weighted by Crippen LogP contribution is 2.23. The predicted molar refractivity (Wildman–Crippen MR) is 69.1 cm³/mol. The lowest BCUT2D eigenvalue weighted by atomic mass is 10.1. The summed E-state index contributed by atoms with van der Waals surface area (Å²) >= 11 is 0. The lowest BCUT2D eigenvalue weighted by Crippen LogP contribution is -2.15. The number of aromatic hydroxyl groups is 1. The summed E-state index contributed by atoms with van der Waals surface area (Å²) in [5.41, 5.74) is -1.69. The Morgan fingerprint density at radius 1 is 1.19 bits per heavy atom. The highest BCUT2D eigenvalue weighted by Gasteiger charge is 2.24. The number of amides is 1. The number of anilines is 1. The molecule has 0 atom stereocenters.